The van der Waals surface area contributed by atoms with Crippen LogP contribution in [0, 0.1) is 0 Å². The molecule has 0 aliphatic rings. The molecule has 1 atom stereocenters. The van der Waals surface area contributed by atoms with E-state index in [1.165, 1.54) is 4.90 Å². The average molecular weight is 253 g/mol. The van der Waals surface area contributed by atoms with Crippen molar-refractivity contribution in [3.05, 3.63) is 30.3 Å². The maximum absolute atomic E-state index is 11.5. The van der Waals surface area contributed by atoms with Crippen molar-refractivity contribution in [3.8, 4) is 0 Å². The number of carbonyl (C=O) groups is 1. The highest BCUT2D eigenvalue weighted by Gasteiger charge is 2.16. The van der Waals surface area contributed by atoms with E-state index >= 15 is 0 Å². The Morgan fingerprint density at radius 2 is 2.12 bits per heavy atom. The summed E-state index contributed by atoms with van der Waals surface area (Å²) < 4.78 is 4.99. The Bertz CT molecular complexity index is 329. The van der Waals surface area contributed by atoms with Gasteiger partial charge in [0.2, 0.25) is 0 Å². The quantitative estimate of drug-likeness (QED) is 0.598. The van der Waals surface area contributed by atoms with Crippen LogP contribution in [0.1, 0.15) is 13.3 Å². The fourth-order valence-corrected chi connectivity index (χ4v) is 2.37. The van der Waals surface area contributed by atoms with E-state index in [0.29, 0.717) is 6.61 Å². The zero-order valence-corrected chi connectivity index (χ0v) is 11.1. The van der Waals surface area contributed by atoms with Crippen LogP contribution in [-0.4, -0.2) is 31.4 Å². The molecular weight excluding hydrogens is 234 g/mol. The third-order valence-corrected chi connectivity index (χ3v) is 3.38. The summed E-state index contributed by atoms with van der Waals surface area (Å²) in [4.78, 5) is 12.8. The Kier molecular flexibility index (Phi) is 6.74. The molecule has 94 valence electrons. The molecule has 0 bridgehead atoms. The number of nitrogens with one attached hydrogen (secondary N) is 1. The summed E-state index contributed by atoms with van der Waals surface area (Å²) in [5, 5.41) is 2.99. The molecule has 1 N–H and O–H groups in total. The minimum atomic E-state index is -0.203. The molecule has 0 aromatic heterocycles. The van der Waals surface area contributed by atoms with Gasteiger partial charge in [0.15, 0.2) is 0 Å². The van der Waals surface area contributed by atoms with Gasteiger partial charge in [-0.15, -0.1) is 11.8 Å². The van der Waals surface area contributed by atoms with Crippen molar-refractivity contribution >= 4 is 17.7 Å². The summed E-state index contributed by atoms with van der Waals surface area (Å²) in [7, 11) is 1.79. The number of esters is 1. The summed E-state index contributed by atoms with van der Waals surface area (Å²) in [6.07, 6.45) is 0.773. The van der Waals surface area contributed by atoms with Gasteiger partial charge >= 0.3 is 5.97 Å². The van der Waals surface area contributed by atoms with E-state index in [2.05, 4.69) is 17.4 Å². The first-order chi connectivity index (χ1) is 8.27. The van der Waals surface area contributed by atoms with Crippen LogP contribution in [0.4, 0.5) is 0 Å². The number of benzene rings is 1. The van der Waals surface area contributed by atoms with E-state index in [1.54, 1.807) is 18.8 Å². The van der Waals surface area contributed by atoms with Gasteiger partial charge in [-0.25, -0.2) is 0 Å². The van der Waals surface area contributed by atoms with Crippen LogP contribution in [-0.2, 0) is 9.53 Å². The van der Waals surface area contributed by atoms with E-state index in [9.17, 15) is 4.79 Å². The second-order valence-electron chi connectivity index (χ2n) is 3.54. The van der Waals surface area contributed by atoms with Gasteiger partial charge in [0.25, 0.3) is 0 Å². The number of hydrogen-bond acceptors (Lipinski definition) is 4. The molecule has 1 rings (SSSR count). The van der Waals surface area contributed by atoms with E-state index in [4.69, 9.17) is 4.74 Å². The van der Waals surface area contributed by atoms with E-state index in [1.807, 2.05) is 25.1 Å². The zero-order chi connectivity index (χ0) is 12.5. The van der Waals surface area contributed by atoms with Crippen molar-refractivity contribution in [1.29, 1.82) is 0 Å². The molecule has 0 heterocycles. The molecule has 1 aromatic carbocycles. The van der Waals surface area contributed by atoms with Gasteiger partial charge in [-0.05, 0) is 32.5 Å². The predicted molar refractivity (Wildman–Crippen MR) is 71.3 cm³/mol. The Morgan fingerprint density at radius 1 is 1.41 bits per heavy atom. The third kappa shape index (κ3) is 5.24. The monoisotopic (exact) mass is 253 g/mol. The Labute approximate surface area is 107 Å². The SMILES string of the molecule is CCOC(=O)C(CCSc1ccccc1)NC. The standard InChI is InChI=1S/C13H19NO2S/c1-3-16-13(15)12(14-2)9-10-17-11-7-5-4-6-8-11/h4-8,12,14H,3,9-10H2,1-2H3. The number of rotatable bonds is 7. The number of ether oxygens (including phenoxy) is 1. The van der Waals surface area contributed by atoms with E-state index < -0.39 is 0 Å². The first-order valence-electron chi connectivity index (χ1n) is 5.79. The highest BCUT2D eigenvalue weighted by atomic mass is 32.2. The first kappa shape index (κ1) is 14.1. The van der Waals surface area contributed by atoms with Gasteiger partial charge in [-0.3, -0.25) is 4.79 Å². The fourth-order valence-electron chi connectivity index (χ4n) is 1.43. The van der Waals surface area contributed by atoms with Crippen LogP contribution < -0.4 is 5.32 Å². The average Bonchev–Trinajstić information content (AvgIpc) is 2.36. The molecule has 0 aliphatic carbocycles. The molecule has 4 heteroatoms. The van der Waals surface area contributed by atoms with Gasteiger partial charge in [0.1, 0.15) is 6.04 Å². The summed E-state index contributed by atoms with van der Waals surface area (Å²) in [6.45, 7) is 2.26. The van der Waals surface area contributed by atoms with Crippen LogP contribution in [0.3, 0.4) is 0 Å². The summed E-state index contributed by atoms with van der Waals surface area (Å²) in [5.74, 6) is 0.734. The lowest BCUT2D eigenvalue weighted by Crippen LogP contribution is -2.36. The Hall–Kier alpha value is -1.00. The van der Waals surface area contributed by atoms with Crippen molar-refractivity contribution in [2.75, 3.05) is 19.4 Å². The lowest BCUT2D eigenvalue weighted by atomic mass is 10.2. The highest BCUT2D eigenvalue weighted by molar-refractivity contribution is 7.99. The lowest BCUT2D eigenvalue weighted by molar-refractivity contribution is -0.145. The summed E-state index contributed by atoms with van der Waals surface area (Å²) in [5.41, 5.74) is 0. The van der Waals surface area contributed by atoms with Crippen LogP contribution in [0.25, 0.3) is 0 Å². The second kappa shape index (κ2) is 8.14. The van der Waals surface area contributed by atoms with Gasteiger partial charge in [-0.1, -0.05) is 18.2 Å². The molecule has 0 radical (unpaired) electrons. The zero-order valence-electron chi connectivity index (χ0n) is 10.3. The van der Waals surface area contributed by atoms with Crippen LogP contribution in [0.5, 0.6) is 0 Å². The minimum Gasteiger partial charge on any atom is -0.465 e. The third-order valence-electron chi connectivity index (χ3n) is 2.34. The normalized spacial score (nSPS) is 12.1. The topological polar surface area (TPSA) is 38.3 Å². The minimum absolute atomic E-state index is 0.163. The van der Waals surface area contributed by atoms with Crippen LogP contribution >= 0.6 is 11.8 Å². The van der Waals surface area contributed by atoms with E-state index in [-0.39, 0.29) is 12.0 Å². The van der Waals surface area contributed by atoms with Gasteiger partial charge in [0.05, 0.1) is 6.61 Å². The molecule has 0 fully saturated rings. The molecule has 0 saturated carbocycles. The molecule has 0 aliphatic heterocycles. The Balaban J connectivity index is 2.31. The van der Waals surface area contributed by atoms with Crippen LogP contribution in [0.15, 0.2) is 35.2 Å². The molecule has 0 saturated heterocycles. The highest BCUT2D eigenvalue weighted by Crippen LogP contribution is 2.18. The summed E-state index contributed by atoms with van der Waals surface area (Å²) in [6, 6.07) is 9.98. The fraction of sp³-hybridized carbons (Fsp3) is 0.462. The molecule has 1 aromatic rings. The van der Waals surface area contributed by atoms with Crippen molar-refractivity contribution in [1.82, 2.24) is 5.32 Å². The van der Waals surface area contributed by atoms with E-state index in [0.717, 1.165) is 12.2 Å². The molecule has 3 nitrogen and oxygen atoms in total. The van der Waals surface area contributed by atoms with Crippen molar-refractivity contribution < 1.29 is 9.53 Å². The Morgan fingerprint density at radius 3 is 2.71 bits per heavy atom. The second-order valence-corrected chi connectivity index (χ2v) is 4.71. The van der Waals surface area contributed by atoms with Crippen molar-refractivity contribution in [2.45, 2.75) is 24.3 Å². The number of hydrogen-bond donors (Lipinski definition) is 1. The van der Waals surface area contributed by atoms with Crippen molar-refractivity contribution in [2.24, 2.45) is 0 Å². The van der Waals surface area contributed by atoms with Gasteiger partial charge in [0, 0.05) is 10.6 Å². The molecule has 17 heavy (non-hydrogen) atoms. The summed E-state index contributed by atoms with van der Waals surface area (Å²) >= 11 is 1.75. The maximum Gasteiger partial charge on any atom is 0.323 e. The van der Waals surface area contributed by atoms with Crippen LogP contribution in [0.2, 0.25) is 0 Å². The number of thioether (sulfide) groups is 1. The first-order valence-corrected chi connectivity index (χ1v) is 6.78. The number of likely N-dealkylation sites (N-methyl/N-ethyl adjacent to an activating group) is 1. The molecule has 0 amide bonds. The number of carbonyl (C=O) groups excluding carboxylic acids is 1. The largest absolute Gasteiger partial charge is 0.465 e. The van der Waals surface area contributed by atoms with Gasteiger partial charge in [-0.2, -0.15) is 0 Å². The molecular formula is C13H19NO2S. The smallest absolute Gasteiger partial charge is 0.323 e. The maximum atomic E-state index is 11.5. The molecule has 1 unspecified atom stereocenters. The lowest BCUT2D eigenvalue weighted by Gasteiger charge is -2.14. The van der Waals surface area contributed by atoms with Crippen molar-refractivity contribution in [3.63, 3.8) is 0 Å². The molecule has 0 spiro atoms. The predicted octanol–water partition coefficient (Wildman–Crippen LogP) is 2.32. The van der Waals surface area contributed by atoms with Gasteiger partial charge < -0.3 is 10.1 Å².